The predicted octanol–water partition coefficient (Wildman–Crippen LogP) is 2.60. The van der Waals surface area contributed by atoms with Crippen LogP contribution >= 0.6 is 11.6 Å². The van der Waals surface area contributed by atoms with E-state index >= 15 is 0 Å². The van der Waals surface area contributed by atoms with Crippen LogP contribution in [0.1, 0.15) is 18.4 Å². The lowest BCUT2D eigenvalue weighted by Crippen LogP contribution is -2.28. The molecule has 4 heteroatoms. The molecule has 0 amide bonds. The van der Waals surface area contributed by atoms with Crippen molar-refractivity contribution in [1.82, 2.24) is 5.32 Å². The Morgan fingerprint density at radius 2 is 2.12 bits per heavy atom. The van der Waals surface area contributed by atoms with E-state index in [9.17, 15) is 5.11 Å². The highest BCUT2D eigenvalue weighted by Crippen LogP contribution is 2.34. The highest BCUT2D eigenvalue weighted by Gasteiger charge is 2.16. The van der Waals surface area contributed by atoms with Gasteiger partial charge in [-0.25, -0.2) is 0 Å². The molecule has 0 radical (unpaired) electrons. The molecule has 0 atom stereocenters. The van der Waals surface area contributed by atoms with Crippen molar-refractivity contribution in [2.24, 2.45) is 5.92 Å². The van der Waals surface area contributed by atoms with Crippen LogP contribution in [-0.4, -0.2) is 25.3 Å². The van der Waals surface area contributed by atoms with Gasteiger partial charge in [0, 0.05) is 11.1 Å². The summed E-state index contributed by atoms with van der Waals surface area (Å²) in [5.41, 5.74) is 1.06. The van der Waals surface area contributed by atoms with Crippen molar-refractivity contribution in [3.05, 3.63) is 22.7 Å². The van der Waals surface area contributed by atoms with Crippen molar-refractivity contribution >= 4 is 11.6 Å². The zero-order chi connectivity index (χ0) is 12.3. The number of phenolic OH excluding ortho intramolecular Hbond substituents is 1. The normalized spacial score (nSPS) is 17.1. The number of piperidine rings is 1. The molecule has 0 unspecified atom stereocenters. The number of benzene rings is 1. The maximum Gasteiger partial charge on any atom is 0.160 e. The van der Waals surface area contributed by atoms with Gasteiger partial charge in [0.1, 0.15) is 0 Å². The van der Waals surface area contributed by atoms with Crippen LogP contribution in [0.4, 0.5) is 0 Å². The fourth-order valence-corrected chi connectivity index (χ4v) is 2.54. The third kappa shape index (κ3) is 3.05. The summed E-state index contributed by atoms with van der Waals surface area (Å²) in [5, 5.41) is 13.6. The van der Waals surface area contributed by atoms with Gasteiger partial charge in [0.05, 0.1) is 7.11 Å². The Balaban J connectivity index is 2.13. The van der Waals surface area contributed by atoms with Crippen LogP contribution in [0.15, 0.2) is 12.1 Å². The van der Waals surface area contributed by atoms with E-state index in [0.29, 0.717) is 16.7 Å². The molecule has 1 heterocycles. The Hall–Kier alpha value is -0.930. The van der Waals surface area contributed by atoms with E-state index in [1.807, 2.05) is 6.07 Å². The summed E-state index contributed by atoms with van der Waals surface area (Å²) in [5.74, 6) is 1.27. The largest absolute Gasteiger partial charge is 0.504 e. The fraction of sp³-hybridized carbons (Fsp3) is 0.538. The Morgan fingerprint density at radius 3 is 2.76 bits per heavy atom. The van der Waals surface area contributed by atoms with Crippen molar-refractivity contribution in [1.29, 1.82) is 0 Å². The number of hydrogen-bond acceptors (Lipinski definition) is 3. The first-order valence-electron chi connectivity index (χ1n) is 5.97. The number of phenols is 1. The minimum Gasteiger partial charge on any atom is -0.504 e. The van der Waals surface area contributed by atoms with Gasteiger partial charge in [0.25, 0.3) is 0 Å². The van der Waals surface area contributed by atoms with E-state index in [1.54, 1.807) is 13.2 Å². The van der Waals surface area contributed by atoms with Gasteiger partial charge in [-0.05, 0) is 49.9 Å². The minimum atomic E-state index is 0.103. The van der Waals surface area contributed by atoms with E-state index in [-0.39, 0.29) is 5.75 Å². The average Bonchev–Trinajstić information content (AvgIpc) is 2.34. The highest BCUT2D eigenvalue weighted by molar-refractivity contribution is 6.31. The van der Waals surface area contributed by atoms with Gasteiger partial charge in [-0.2, -0.15) is 0 Å². The molecule has 1 aliphatic rings. The van der Waals surface area contributed by atoms with Crippen LogP contribution in [0, 0.1) is 5.92 Å². The van der Waals surface area contributed by atoms with Crippen LogP contribution in [0.5, 0.6) is 11.5 Å². The van der Waals surface area contributed by atoms with E-state index < -0.39 is 0 Å². The third-order valence-electron chi connectivity index (χ3n) is 3.32. The minimum absolute atomic E-state index is 0.103. The number of halogens is 1. The van der Waals surface area contributed by atoms with Gasteiger partial charge in [-0.3, -0.25) is 0 Å². The van der Waals surface area contributed by atoms with Gasteiger partial charge in [0.2, 0.25) is 0 Å². The summed E-state index contributed by atoms with van der Waals surface area (Å²) in [7, 11) is 1.55. The van der Waals surface area contributed by atoms with E-state index in [0.717, 1.165) is 25.1 Å². The smallest absolute Gasteiger partial charge is 0.160 e. The maximum atomic E-state index is 9.60. The first-order valence-corrected chi connectivity index (χ1v) is 6.34. The van der Waals surface area contributed by atoms with Crippen LogP contribution < -0.4 is 10.1 Å². The summed E-state index contributed by atoms with van der Waals surface area (Å²) < 4.78 is 5.11. The van der Waals surface area contributed by atoms with E-state index in [2.05, 4.69) is 5.32 Å². The molecular weight excluding hydrogens is 238 g/mol. The molecule has 17 heavy (non-hydrogen) atoms. The Kier molecular flexibility index (Phi) is 4.13. The van der Waals surface area contributed by atoms with Crippen molar-refractivity contribution < 1.29 is 9.84 Å². The van der Waals surface area contributed by atoms with Crippen molar-refractivity contribution in [3.8, 4) is 11.5 Å². The summed E-state index contributed by atoms with van der Waals surface area (Å²) in [4.78, 5) is 0. The summed E-state index contributed by atoms with van der Waals surface area (Å²) in [6.45, 7) is 2.16. The summed E-state index contributed by atoms with van der Waals surface area (Å²) in [6.07, 6.45) is 3.32. The molecule has 0 aromatic heterocycles. The van der Waals surface area contributed by atoms with Gasteiger partial charge in [-0.15, -0.1) is 0 Å². The number of hydrogen-bond donors (Lipinski definition) is 2. The molecule has 2 N–H and O–H groups in total. The second-order valence-corrected chi connectivity index (χ2v) is 4.92. The number of aromatic hydroxyl groups is 1. The number of methoxy groups -OCH3 is 1. The van der Waals surface area contributed by atoms with Gasteiger partial charge < -0.3 is 15.2 Å². The van der Waals surface area contributed by atoms with Crippen LogP contribution in [0.3, 0.4) is 0 Å². The SMILES string of the molecule is COc1cc(CC2CCNCC2)c(Cl)cc1O. The molecule has 1 aromatic carbocycles. The topological polar surface area (TPSA) is 41.5 Å². The predicted molar refractivity (Wildman–Crippen MR) is 69.0 cm³/mol. The average molecular weight is 256 g/mol. The van der Waals surface area contributed by atoms with Gasteiger partial charge >= 0.3 is 0 Å². The molecule has 2 rings (SSSR count). The molecule has 3 nitrogen and oxygen atoms in total. The number of rotatable bonds is 3. The maximum absolute atomic E-state index is 9.60. The number of ether oxygens (including phenoxy) is 1. The summed E-state index contributed by atoms with van der Waals surface area (Å²) >= 11 is 6.15. The summed E-state index contributed by atoms with van der Waals surface area (Å²) in [6, 6.07) is 3.41. The standard InChI is InChI=1S/C13H18ClNO2/c1-17-13-7-10(11(14)8-12(13)16)6-9-2-4-15-5-3-9/h7-9,15-16H,2-6H2,1H3. The molecule has 0 bridgehead atoms. The molecule has 1 fully saturated rings. The monoisotopic (exact) mass is 255 g/mol. The van der Waals surface area contributed by atoms with Crippen LogP contribution in [-0.2, 0) is 6.42 Å². The zero-order valence-electron chi connectivity index (χ0n) is 10.0. The zero-order valence-corrected chi connectivity index (χ0v) is 10.8. The third-order valence-corrected chi connectivity index (χ3v) is 3.67. The second kappa shape index (κ2) is 5.61. The molecule has 0 saturated carbocycles. The van der Waals surface area contributed by atoms with Gasteiger partial charge in [0.15, 0.2) is 11.5 Å². The lowest BCUT2D eigenvalue weighted by molar-refractivity contribution is 0.364. The molecule has 1 saturated heterocycles. The lowest BCUT2D eigenvalue weighted by atomic mass is 9.91. The van der Waals surface area contributed by atoms with Crippen molar-refractivity contribution in [2.75, 3.05) is 20.2 Å². The lowest BCUT2D eigenvalue weighted by Gasteiger charge is -2.23. The fourth-order valence-electron chi connectivity index (χ4n) is 2.30. The Bertz CT molecular complexity index is 389. The van der Waals surface area contributed by atoms with E-state index in [4.69, 9.17) is 16.3 Å². The van der Waals surface area contributed by atoms with Crippen LogP contribution in [0.25, 0.3) is 0 Å². The molecule has 1 aromatic rings. The van der Waals surface area contributed by atoms with Crippen molar-refractivity contribution in [2.45, 2.75) is 19.3 Å². The molecule has 0 aliphatic carbocycles. The molecular formula is C13H18ClNO2. The first kappa shape index (κ1) is 12.5. The second-order valence-electron chi connectivity index (χ2n) is 4.51. The Labute approximate surface area is 107 Å². The quantitative estimate of drug-likeness (QED) is 0.872. The van der Waals surface area contributed by atoms with Gasteiger partial charge in [-0.1, -0.05) is 11.6 Å². The van der Waals surface area contributed by atoms with Crippen LogP contribution in [0.2, 0.25) is 5.02 Å². The van der Waals surface area contributed by atoms with Crippen molar-refractivity contribution in [3.63, 3.8) is 0 Å². The molecule has 1 aliphatic heterocycles. The Morgan fingerprint density at radius 1 is 1.41 bits per heavy atom. The number of nitrogens with one attached hydrogen (secondary N) is 1. The molecule has 0 spiro atoms. The molecule has 94 valence electrons. The van der Waals surface area contributed by atoms with E-state index in [1.165, 1.54) is 12.8 Å². The first-order chi connectivity index (χ1) is 8.20. The highest BCUT2D eigenvalue weighted by atomic mass is 35.5.